The van der Waals surface area contributed by atoms with Gasteiger partial charge in [-0.2, -0.15) is 0 Å². The molecule has 1 N–H and O–H groups in total. The van der Waals surface area contributed by atoms with Crippen LogP contribution in [0.5, 0.6) is 5.75 Å². The van der Waals surface area contributed by atoms with Gasteiger partial charge in [0.15, 0.2) is 0 Å². The summed E-state index contributed by atoms with van der Waals surface area (Å²) >= 11 is 0. The zero-order chi connectivity index (χ0) is 18.4. The molecule has 0 bridgehead atoms. The first kappa shape index (κ1) is 18.5. The van der Waals surface area contributed by atoms with Crippen LogP contribution >= 0.6 is 0 Å². The zero-order valence-electron chi connectivity index (χ0n) is 15.5. The molecule has 140 valence electrons. The summed E-state index contributed by atoms with van der Waals surface area (Å²) in [5.41, 5.74) is 1.83. The highest BCUT2D eigenvalue weighted by Crippen LogP contribution is 2.21. The van der Waals surface area contributed by atoms with Gasteiger partial charge in [0.25, 0.3) is 5.91 Å². The third-order valence-electron chi connectivity index (χ3n) is 4.70. The van der Waals surface area contributed by atoms with E-state index in [0.29, 0.717) is 18.7 Å². The van der Waals surface area contributed by atoms with Crippen molar-refractivity contribution in [2.24, 2.45) is 7.05 Å². The molecule has 1 aromatic heterocycles. The SMILES string of the molecule is CCOc1ccc(C(=O)NCC(c2cccn2C)N2CCOCC2)cc1. The Kier molecular flexibility index (Phi) is 6.30. The minimum Gasteiger partial charge on any atom is -0.494 e. The van der Waals surface area contributed by atoms with Gasteiger partial charge in [-0.25, -0.2) is 0 Å². The van der Waals surface area contributed by atoms with Crippen LogP contribution in [-0.4, -0.2) is 54.8 Å². The number of amides is 1. The van der Waals surface area contributed by atoms with E-state index in [1.54, 1.807) is 12.1 Å². The molecule has 2 aromatic rings. The lowest BCUT2D eigenvalue weighted by molar-refractivity contribution is 0.0148. The molecular formula is C20H27N3O3. The molecule has 0 radical (unpaired) electrons. The Morgan fingerprint density at radius 3 is 2.58 bits per heavy atom. The van der Waals surface area contributed by atoms with E-state index in [-0.39, 0.29) is 11.9 Å². The maximum absolute atomic E-state index is 12.6. The molecule has 0 aliphatic carbocycles. The molecule has 1 fully saturated rings. The number of rotatable bonds is 7. The van der Waals surface area contributed by atoms with Crippen LogP contribution in [-0.2, 0) is 11.8 Å². The second-order valence-corrected chi connectivity index (χ2v) is 6.38. The van der Waals surface area contributed by atoms with Crippen molar-refractivity contribution >= 4 is 5.91 Å². The number of morpholine rings is 1. The second kappa shape index (κ2) is 8.87. The van der Waals surface area contributed by atoms with Crippen molar-refractivity contribution in [3.8, 4) is 5.75 Å². The lowest BCUT2D eigenvalue weighted by Gasteiger charge is -2.35. The first-order valence-electron chi connectivity index (χ1n) is 9.13. The summed E-state index contributed by atoms with van der Waals surface area (Å²) in [6, 6.07) is 11.5. The van der Waals surface area contributed by atoms with E-state index in [2.05, 4.69) is 20.9 Å². The highest BCUT2D eigenvalue weighted by molar-refractivity contribution is 5.94. The maximum atomic E-state index is 12.6. The van der Waals surface area contributed by atoms with Crippen molar-refractivity contribution in [1.82, 2.24) is 14.8 Å². The average molecular weight is 357 g/mol. The fraction of sp³-hybridized carbons (Fsp3) is 0.450. The largest absolute Gasteiger partial charge is 0.494 e. The predicted molar refractivity (Wildman–Crippen MR) is 100 cm³/mol. The van der Waals surface area contributed by atoms with Crippen LogP contribution in [0.1, 0.15) is 29.0 Å². The predicted octanol–water partition coefficient (Wildman–Crippen LogP) is 2.23. The van der Waals surface area contributed by atoms with Gasteiger partial charge in [-0.05, 0) is 43.3 Å². The standard InChI is InChI=1S/C20H27N3O3/c1-3-26-17-8-6-16(7-9-17)20(24)21-15-19(18-5-4-10-22(18)2)23-11-13-25-14-12-23/h4-10,19H,3,11-15H2,1-2H3,(H,21,24). The molecular weight excluding hydrogens is 330 g/mol. The molecule has 0 spiro atoms. The van der Waals surface area contributed by atoms with E-state index in [1.165, 1.54) is 5.69 Å². The summed E-state index contributed by atoms with van der Waals surface area (Å²) in [5, 5.41) is 3.09. The number of hydrogen-bond acceptors (Lipinski definition) is 4. The molecule has 0 saturated carbocycles. The van der Waals surface area contributed by atoms with E-state index in [0.717, 1.165) is 32.1 Å². The first-order chi connectivity index (χ1) is 12.7. The number of hydrogen-bond donors (Lipinski definition) is 1. The van der Waals surface area contributed by atoms with Gasteiger partial charge in [0.1, 0.15) is 5.75 Å². The number of aryl methyl sites for hydroxylation is 1. The molecule has 1 saturated heterocycles. The normalized spacial score (nSPS) is 16.2. The molecule has 1 unspecified atom stereocenters. The van der Waals surface area contributed by atoms with Gasteiger partial charge in [0, 0.05) is 44.1 Å². The Morgan fingerprint density at radius 2 is 1.96 bits per heavy atom. The molecule has 1 aromatic carbocycles. The number of benzene rings is 1. The van der Waals surface area contributed by atoms with E-state index in [9.17, 15) is 4.79 Å². The lowest BCUT2D eigenvalue weighted by Crippen LogP contribution is -2.44. The van der Waals surface area contributed by atoms with Gasteiger partial charge in [-0.1, -0.05) is 0 Å². The Bertz CT molecular complexity index is 705. The molecule has 6 nitrogen and oxygen atoms in total. The first-order valence-corrected chi connectivity index (χ1v) is 9.13. The molecule has 1 aliphatic rings. The van der Waals surface area contributed by atoms with Gasteiger partial charge in [-0.3, -0.25) is 9.69 Å². The molecule has 1 amide bonds. The van der Waals surface area contributed by atoms with Crippen molar-refractivity contribution in [2.75, 3.05) is 39.5 Å². The smallest absolute Gasteiger partial charge is 0.251 e. The fourth-order valence-electron chi connectivity index (χ4n) is 3.29. The quantitative estimate of drug-likeness (QED) is 0.826. The molecule has 3 rings (SSSR count). The summed E-state index contributed by atoms with van der Waals surface area (Å²) in [4.78, 5) is 14.9. The molecule has 2 heterocycles. The monoisotopic (exact) mass is 357 g/mol. The number of carbonyl (C=O) groups excluding carboxylic acids is 1. The topological polar surface area (TPSA) is 55.7 Å². The lowest BCUT2D eigenvalue weighted by atomic mass is 10.1. The Morgan fingerprint density at radius 1 is 1.23 bits per heavy atom. The Balaban J connectivity index is 1.67. The van der Waals surface area contributed by atoms with Crippen LogP contribution < -0.4 is 10.1 Å². The van der Waals surface area contributed by atoms with Crippen molar-refractivity contribution in [3.05, 3.63) is 53.9 Å². The summed E-state index contributed by atoms with van der Waals surface area (Å²) in [5.74, 6) is 0.708. The summed E-state index contributed by atoms with van der Waals surface area (Å²) in [7, 11) is 2.04. The maximum Gasteiger partial charge on any atom is 0.251 e. The van der Waals surface area contributed by atoms with Crippen molar-refractivity contribution in [3.63, 3.8) is 0 Å². The van der Waals surface area contributed by atoms with Crippen LogP contribution in [0.3, 0.4) is 0 Å². The van der Waals surface area contributed by atoms with Crippen molar-refractivity contribution in [2.45, 2.75) is 13.0 Å². The summed E-state index contributed by atoms with van der Waals surface area (Å²) < 4.78 is 13.0. The number of ether oxygens (including phenoxy) is 2. The molecule has 1 aliphatic heterocycles. The number of aromatic nitrogens is 1. The van der Waals surface area contributed by atoms with Crippen LogP contribution in [0.4, 0.5) is 0 Å². The van der Waals surface area contributed by atoms with Gasteiger partial charge in [0.05, 0.1) is 25.9 Å². The highest BCUT2D eigenvalue weighted by atomic mass is 16.5. The minimum atomic E-state index is -0.0690. The van der Waals surface area contributed by atoms with E-state index >= 15 is 0 Å². The summed E-state index contributed by atoms with van der Waals surface area (Å²) in [6.45, 7) is 6.31. The molecule has 6 heteroatoms. The van der Waals surface area contributed by atoms with E-state index in [4.69, 9.17) is 9.47 Å². The molecule has 1 atom stereocenters. The number of nitrogens with one attached hydrogen (secondary N) is 1. The minimum absolute atomic E-state index is 0.0690. The fourth-order valence-corrected chi connectivity index (χ4v) is 3.29. The zero-order valence-corrected chi connectivity index (χ0v) is 15.5. The van der Waals surface area contributed by atoms with Crippen LogP contribution in [0.15, 0.2) is 42.6 Å². The highest BCUT2D eigenvalue weighted by Gasteiger charge is 2.25. The van der Waals surface area contributed by atoms with Gasteiger partial charge < -0.3 is 19.4 Å². The van der Waals surface area contributed by atoms with Crippen LogP contribution in [0.2, 0.25) is 0 Å². The van der Waals surface area contributed by atoms with Gasteiger partial charge >= 0.3 is 0 Å². The molecule has 26 heavy (non-hydrogen) atoms. The third-order valence-corrected chi connectivity index (χ3v) is 4.70. The Hall–Kier alpha value is -2.31. The van der Waals surface area contributed by atoms with Crippen LogP contribution in [0.25, 0.3) is 0 Å². The number of carbonyl (C=O) groups is 1. The van der Waals surface area contributed by atoms with Crippen molar-refractivity contribution in [1.29, 1.82) is 0 Å². The van der Waals surface area contributed by atoms with E-state index < -0.39 is 0 Å². The Labute approximate surface area is 154 Å². The van der Waals surface area contributed by atoms with Gasteiger partial charge in [-0.15, -0.1) is 0 Å². The third kappa shape index (κ3) is 4.45. The van der Waals surface area contributed by atoms with E-state index in [1.807, 2.05) is 38.4 Å². The average Bonchev–Trinajstić information content (AvgIpc) is 3.09. The van der Waals surface area contributed by atoms with Crippen molar-refractivity contribution < 1.29 is 14.3 Å². The van der Waals surface area contributed by atoms with Gasteiger partial charge in [0.2, 0.25) is 0 Å². The number of nitrogens with zero attached hydrogens (tertiary/aromatic N) is 2. The summed E-state index contributed by atoms with van der Waals surface area (Å²) in [6.07, 6.45) is 2.04. The van der Waals surface area contributed by atoms with Crippen LogP contribution in [0, 0.1) is 0 Å². The second-order valence-electron chi connectivity index (χ2n) is 6.38.